The van der Waals surface area contributed by atoms with Gasteiger partial charge in [-0.2, -0.15) is 0 Å². The Morgan fingerprint density at radius 1 is 0.909 bits per heavy atom. The molecular formula is C32H55N2O8PS. The van der Waals surface area contributed by atoms with Crippen LogP contribution < -0.4 is 10.6 Å². The van der Waals surface area contributed by atoms with Crippen LogP contribution in [0.1, 0.15) is 102 Å². The standard InChI is InChI=1S/C32H55N2O8PS/c1-4-5-6-7-8-9-10-11-12-13-14-15-19-22-33-31(44)34-28-23-27(29(30(28)38-2)42-43(36,37)39-3)25-41-32(35)40-24-26-20-17-16-18-21-26/h16-18,20-21,27-30H,4-15,19,22-25H2,1-3H3,(H,36,37)(H2,33,34,44)/t27-,28+,29?,30-/m1/s1. The highest BCUT2D eigenvalue weighted by Gasteiger charge is 2.48. The van der Waals surface area contributed by atoms with E-state index in [0.29, 0.717) is 11.5 Å². The van der Waals surface area contributed by atoms with Crippen molar-refractivity contribution >= 4 is 31.3 Å². The van der Waals surface area contributed by atoms with Gasteiger partial charge in [-0.1, -0.05) is 114 Å². The molecule has 3 N–H and O–H groups in total. The van der Waals surface area contributed by atoms with Gasteiger partial charge < -0.3 is 29.7 Å². The van der Waals surface area contributed by atoms with Gasteiger partial charge in [-0.05, 0) is 30.6 Å². The molecule has 1 fully saturated rings. The molecule has 1 saturated carbocycles. The quantitative estimate of drug-likeness (QED) is 0.0471. The van der Waals surface area contributed by atoms with Gasteiger partial charge in [-0.25, -0.2) is 9.36 Å². The summed E-state index contributed by atoms with van der Waals surface area (Å²) < 4.78 is 38.6. The maximum absolute atomic E-state index is 12.3. The summed E-state index contributed by atoms with van der Waals surface area (Å²) in [5.74, 6) is -0.471. The normalized spacial score (nSPS) is 21.0. The maximum atomic E-state index is 12.3. The number of benzene rings is 1. The third-order valence-corrected chi connectivity index (χ3v) is 9.23. The zero-order valence-corrected chi connectivity index (χ0v) is 28.6. The lowest BCUT2D eigenvalue weighted by atomic mass is 10.0. The zero-order valence-electron chi connectivity index (χ0n) is 26.9. The highest BCUT2D eigenvalue weighted by molar-refractivity contribution is 7.80. The molecular weight excluding hydrogens is 603 g/mol. The van der Waals surface area contributed by atoms with Gasteiger partial charge in [0.1, 0.15) is 25.4 Å². The van der Waals surface area contributed by atoms with E-state index in [1.165, 1.54) is 77.7 Å². The average Bonchev–Trinajstić information content (AvgIpc) is 3.33. The molecule has 2 unspecified atom stereocenters. The molecule has 10 nitrogen and oxygen atoms in total. The van der Waals surface area contributed by atoms with Crippen molar-refractivity contribution in [3.8, 4) is 0 Å². The van der Waals surface area contributed by atoms with Crippen molar-refractivity contribution in [3.63, 3.8) is 0 Å². The monoisotopic (exact) mass is 658 g/mol. The van der Waals surface area contributed by atoms with Gasteiger partial charge in [-0.15, -0.1) is 0 Å². The first-order chi connectivity index (χ1) is 21.3. The molecule has 2 rings (SSSR count). The predicted molar refractivity (Wildman–Crippen MR) is 176 cm³/mol. The number of phosphoric ester groups is 1. The van der Waals surface area contributed by atoms with Crippen LogP contribution in [0.5, 0.6) is 0 Å². The van der Waals surface area contributed by atoms with Gasteiger partial charge in [0.15, 0.2) is 5.11 Å². The molecule has 0 aliphatic heterocycles. The summed E-state index contributed by atoms with van der Waals surface area (Å²) in [6.45, 7) is 2.99. The second-order valence-corrected chi connectivity index (χ2v) is 13.4. The first-order valence-electron chi connectivity index (χ1n) is 16.3. The number of hydrogen-bond acceptors (Lipinski definition) is 8. The lowest BCUT2D eigenvalue weighted by Crippen LogP contribution is -2.48. The molecule has 0 saturated heterocycles. The van der Waals surface area contributed by atoms with Crippen LogP contribution in [-0.2, 0) is 34.4 Å². The number of thiocarbonyl (C=S) groups is 1. The maximum Gasteiger partial charge on any atom is 0.508 e. The first kappa shape index (κ1) is 38.4. The lowest BCUT2D eigenvalue weighted by molar-refractivity contribution is -0.0317. The predicted octanol–water partition coefficient (Wildman–Crippen LogP) is 7.43. The fourth-order valence-electron chi connectivity index (χ4n) is 5.53. The number of nitrogens with one attached hydrogen (secondary N) is 2. The van der Waals surface area contributed by atoms with Crippen molar-refractivity contribution in [2.45, 2.75) is 122 Å². The molecule has 1 aliphatic rings. The number of hydrogen-bond donors (Lipinski definition) is 3. The summed E-state index contributed by atoms with van der Waals surface area (Å²) in [7, 11) is -1.76. The molecule has 0 spiro atoms. The highest BCUT2D eigenvalue weighted by Crippen LogP contribution is 2.48. The van der Waals surface area contributed by atoms with Crippen molar-refractivity contribution in [2.24, 2.45) is 5.92 Å². The Hall–Kier alpha value is -1.75. The number of ether oxygens (including phenoxy) is 3. The van der Waals surface area contributed by atoms with Crippen LogP contribution in [-0.4, -0.2) is 61.8 Å². The Kier molecular flexibility index (Phi) is 19.8. The van der Waals surface area contributed by atoms with Crippen LogP contribution >= 0.6 is 20.0 Å². The topological polar surface area (TPSA) is 125 Å². The van der Waals surface area contributed by atoms with Gasteiger partial charge >= 0.3 is 14.0 Å². The Morgan fingerprint density at radius 2 is 1.50 bits per heavy atom. The molecule has 0 bridgehead atoms. The number of methoxy groups -OCH3 is 1. The third kappa shape index (κ3) is 16.0. The van der Waals surface area contributed by atoms with Gasteiger partial charge in [0.05, 0.1) is 6.04 Å². The fourth-order valence-corrected chi connectivity index (χ4v) is 6.47. The first-order valence-corrected chi connectivity index (χ1v) is 18.2. The van der Waals surface area contributed by atoms with E-state index in [9.17, 15) is 14.3 Å². The Morgan fingerprint density at radius 3 is 2.07 bits per heavy atom. The van der Waals surface area contributed by atoms with E-state index >= 15 is 0 Å². The number of phosphoric acid groups is 1. The van der Waals surface area contributed by atoms with Crippen molar-refractivity contribution in [2.75, 3.05) is 27.4 Å². The molecule has 1 aromatic carbocycles. The SMILES string of the molecule is CCCCCCCCCCCCCCCNC(=S)N[C@H]1C[C@H](COC(=O)OCc2ccccc2)C(OP(=O)(O)OC)[C@@H]1OC. The third-order valence-electron chi connectivity index (χ3n) is 8.00. The van der Waals surface area contributed by atoms with Crippen LogP contribution in [0.25, 0.3) is 0 Å². The van der Waals surface area contributed by atoms with Gasteiger partial charge in [0.2, 0.25) is 0 Å². The summed E-state index contributed by atoms with van der Waals surface area (Å²) in [5, 5.41) is 6.98. The van der Waals surface area contributed by atoms with E-state index in [0.717, 1.165) is 32.1 Å². The number of rotatable bonds is 23. The summed E-state index contributed by atoms with van der Waals surface area (Å²) in [4.78, 5) is 22.3. The minimum absolute atomic E-state index is 0.0733. The molecule has 0 heterocycles. The van der Waals surface area contributed by atoms with Gasteiger partial charge in [-0.3, -0.25) is 9.05 Å². The molecule has 0 aromatic heterocycles. The van der Waals surface area contributed by atoms with E-state index in [-0.39, 0.29) is 19.3 Å². The Bertz CT molecular complexity index is 973. The summed E-state index contributed by atoms with van der Waals surface area (Å²) >= 11 is 5.53. The van der Waals surface area contributed by atoms with Crippen LogP contribution in [0.3, 0.4) is 0 Å². The molecule has 0 amide bonds. The van der Waals surface area contributed by atoms with Crippen LogP contribution in [0, 0.1) is 5.92 Å². The molecule has 252 valence electrons. The molecule has 1 aliphatic carbocycles. The van der Waals surface area contributed by atoms with Crippen molar-refractivity contribution < 1.29 is 37.5 Å². The van der Waals surface area contributed by atoms with E-state index in [1.54, 1.807) is 0 Å². The van der Waals surface area contributed by atoms with Gasteiger partial charge in [0.25, 0.3) is 0 Å². The lowest BCUT2D eigenvalue weighted by Gasteiger charge is -2.27. The number of carbonyl (C=O) groups excluding carboxylic acids is 1. The zero-order chi connectivity index (χ0) is 32.0. The van der Waals surface area contributed by atoms with Crippen molar-refractivity contribution in [1.29, 1.82) is 0 Å². The molecule has 5 atom stereocenters. The minimum atomic E-state index is -4.34. The number of carbonyl (C=O) groups is 1. The Labute approximate surface area is 269 Å². The van der Waals surface area contributed by atoms with Crippen LogP contribution in [0.2, 0.25) is 0 Å². The molecule has 44 heavy (non-hydrogen) atoms. The Balaban J connectivity index is 1.71. The van der Waals surface area contributed by atoms with Crippen LogP contribution in [0.15, 0.2) is 30.3 Å². The van der Waals surface area contributed by atoms with E-state index in [4.69, 9.17) is 31.0 Å². The van der Waals surface area contributed by atoms with Crippen molar-refractivity contribution in [1.82, 2.24) is 10.6 Å². The molecule has 0 radical (unpaired) electrons. The number of unbranched alkanes of at least 4 members (excludes halogenated alkanes) is 12. The average molecular weight is 659 g/mol. The second kappa shape index (κ2) is 22.7. The summed E-state index contributed by atoms with van der Waals surface area (Å²) in [6.07, 6.45) is 14.9. The second-order valence-electron chi connectivity index (χ2n) is 11.5. The fraction of sp³-hybridized carbons (Fsp3) is 0.750. The van der Waals surface area contributed by atoms with E-state index in [2.05, 4.69) is 22.1 Å². The van der Waals surface area contributed by atoms with E-state index < -0.39 is 32.1 Å². The van der Waals surface area contributed by atoms with Gasteiger partial charge in [0, 0.05) is 26.7 Å². The molecule has 1 aromatic rings. The summed E-state index contributed by atoms with van der Waals surface area (Å²) in [5.41, 5.74) is 0.830. The van der Waals surface area contributed by atoms with E-state index in [1.807, 2.05) is 30.3 Å². The molecule has 12 heteroatoms. The minimum Gasteiger partial charge on any atom is -0.434 e. The largest absolute Gasteiger partial charge is 0.508 e. The summed E-state index contributed by atoms with van der Waals surface area (Å²) in [6, 6.07) is 8.91. The smallest absolute Gasteiger partial charge is 0.434 e. The van der Waals surface area contributed by atoms with Crippen LogP contribution in [0.4, 0.5) is 4.79 Å². The van der Waals surface area contributed by atoms with Crippen molar-refractivity contribution in [3.05, 3.63) is 35.9 Å². The highest BCUT2D eigenvalue weighted by atomic mass is 32.1.